The quantitative estimate of drug-likeness (QED) is 0.710. The Morgan fingerprint density at radius 3 is 2.62 bits per heavy atom. The number of hydrogen-bond acceptors (Lipinski definition) is 2. The van der Waals surface area contributed by atoms with E-state index in [1.165, 1.54) is 25.7 Å². The number of carbonyl (C=O) groups excluding carboxylic acids is 1. The van der Waals surface area contributed by atoms with Gasteiger partial charge in [0.2, 0.25) is 5.91 Å². The summed E-state index contributed by atoms with van der Waals surface area (Å²) in [6, 6.07) is 0.611. The lowest BCUT2D eigenvalue weighted by atomic mass is 10.0. The topological polar surface area (TPSA) is 32.3 Å². The van der Waals surface area contributed by atoms with Crippen LogP contribution >= 0.6 is 0 Å². The highest BCUT2D eigenvalue weighted by molar-refractivity contribution is 5.79. The molecule has 0 aromatic carbocycles. The van der Waals surface area contributed by atoms with Gasteiger partial charge in [-0.15, -0.1) is 0 Å². The summed E-state index contributed by atoms with van der Waals surface area (Å²) in [6.07, 6.45) is 5.08. The molecule has 0 bridgehead atoms. The molecule has 16 heavy (non-hydrogen) atoms. The highest BCUT2D eigenvalue weighted by atomic mass is 16.2. The van der Waals surface area contributed by atoms with E-state index >= 15 is 0 Å². The average Bonchev–Trinajstić information content (AvgIpc) is 2.73. The first kappa shape index (κ1) is 9.46. The third-order valence-corrected chi connectivity index (χ3v) is 5.27. The Morgan fingerprint density at radius 1 is 1.06 bits per heavy atom. The molecule has 2 unspecified atom stereocenters. The van der Waals surface area contributed by atoms with Crippen LogP contribution in [-0.4, -0.2) is 36.5 Å². The maximum absolute atomic E-state index is 12.3. The van der Waals surface area contributed by atoms with Gasteiger partial charge in [-0.05, 0) is 50.0 Å². The van der Waals surface area contributed by atoms with Crippen LogP contribution in [0.2, 0.25) is 0 Å². The van der Waals surface area contributed by atoms with Crippen molar-refractivity contribution >= 4 is 5.91 Å². The van der Waals surface area contributed by atoms with E-state index in [2.05, 4.69) is 10.2 Å². The average molecular weight is 220 g/mol. The minimum Gasteiger partial charge on any atom is -0.341 e. The first-order valence-corrected chi connectivity index (χ1v) is 6.83. The van der Waals surface area contributed by atoms with E-state index in [0.717, 1.165) is 37.4 Å². The number of carbonyl (C=O) groups is 1. The first-order valence-electron chi connectivity index (χ1n) is 6.83. The van der Waals surface area contributed by atoms with Crippen LogP contribution in [0, 0.1) is 23.7 Å². The second kappa shape index (κ2) is 3.22. The normalized spacial score (nSPS) is 49.2. The summed E-state index contributed by atoms with van der Waals surface area (Å²) in [6.45, 7) is 3.17. The van der Waals surface area contributed by atoms with Crippen LogP contribution in [0.5, 0.6) is 0 Å². The van der Waals surface area contributed by atoms with E-state index in [1.54, 1.807) is 0 Å². The van der Waals surface area contributed by atoms with E-state index < -0.39 is 0 Å². The second-order valence-electron chi connectivity index (χ2n) is 6.28. The maximum Gasteiger partial charge on any atom is 0.225 e. The zero-order valence-corrected chi connectivity index (χ0v) is 9.69. The van der Waals surface area contributed by atoms with E-state index in [0.29, 0.717) is 17.9 Å². The summed E-state index contributed by atoms with van der Waals surface area (Å²) in [5.41, 5.74) is 0. The zero-order chi connectivity index (χ0) is 10.7. The molecule has 2 heterocycles. The van der Waals surface area contributed by atoms with Crippen LogP contribution in [0.4, 0.5) is 0 Å². The lowest BCUT2D eigenvalue weighted by Gasteiger charge is -2.22. The van der Waals surface area contributed by atoms with Crippen molar-refractivity contribution in [3.63, 3.8) is 0 Å². The van der Waals surface area contributed by atoms with Gasteiger partial charge in [-0.3, -0.25) is 4.79 Å². The Hall–Kier alpha value is -0.570. The number of nitrogens with zero attached hydrogens (tertiary/aromatic N) is 1. The Morgan fingerprint density at radius 2 is 1.88 bits per heavy atom. The SMILES string of the molecule is O=C(C1CC2CC2C1)N1C[C@@H]2CCN[C@@H]2C1. The van der Waals surface area contributed by atoms with Gasteiger partial charge in [0.1, 0.15) is 0 Å². The Labute approximate surface area is 96.6 Å². The number of nitrogens with one attached hydrogen (secondary N) is 1. The lowest BCUT2D eigenvalue weighted by Crippen LogP contribution is -2.37. The zero-order valence-electron chi connectivity index (χ0n) is 9.69. The van der Waals surface area contributed by atoms with E-state index in [-0.39, 0.29) is 0 Å². The predicted molar refractivity (Wildman–Crippen MR) is 60.8 cm³/mol. The third-order valence-electron chi connectivity index (χ3n) is 5.27. The molecule has 4 aliphatic rings. The van der Waals surface area contributed by atoms with E-state index in [4.69, 9.17) is 0 Å². The van der Waals surface area contributed by atoms with Gasteiger partial charge in [0.25, 0.3) is 0 Å². The molecule has 4 atom stereocenters. The van der Waals surface area contributed by atoms with E-state index in [1.807, 2.05) is 0 Å². The minimum atomic E-state index is 0.391. The summed E-state index contributed by atoms with van der Waals surface area (Å²) in [4.78, 5) is 14.5. The molecule has 3 nitrogen and oxygen atoms in total. The highest BCUT2D eigenvalue weighted by Crippen LogP contribution is 2.54. The van der Waals surface area contributed by atoms with Crippen LogP contribution in [0.1, 0.15) is 25.7 Å². The second-order valence-corrected chi connectivity index (χ2v) is 6.28. The molecule has 0 radical (unpaired) electrons. The fourth-order valence-corrected chi connectivity index (χ4v) is 4.20. The number of amides is 1. The van der Waals surface area contributed by atoms with Crippen molar-refractivity contribution in [2.24, 2.45) is 23.7 Å². The summed E-state index contributed by atoms with van der Waals surface area (Å²) < 4.78 is 0. The van der Waals surface area contributed by atoms with E-state index in [9.17, 15) is 4.79 Å². The van der Waals surface area contributed by atoms with Gasteiger partial charge in [-0.2, -0.15) is 0 Å². The predicted octanol–water partition coefficient (Wildman–Crippen LogP) is 0.853. The molecule has 4 fully saturated rings. The molecule has 0 aromatic heterocycles. The Bertz CT molecular complexity index is 308. The van der Waals surface area contributed by atoms with Crippen molar-refractivity contribution in [3.8, 4) is 0 Å². The molecule has 1 amide bonds. The van der Waals surface area contributed by atoms with Crippen LogP contribution in [0.3, 0.4) is 0 Å². The fourth-order valence-electron chi connectivity index (χ4n) is 4.20. The molecule has 88 valence electrons. The first-order chi connectivity index (χ1) is 7.81. The molecule has 2 saturated carbocycles. The van der Waals surface area contributed by atoms with Gasteiger partial charge in [-0.1, -0.05) is 0 Å². The van der Waals surface area contributed by atoms with Crippen LogP contribution < -0.4 is 5.32 Å². The molecule has 0 spiro atoms. The summed E-state index contributed by atoms with van der Waals surface area (Å²) in [5, 5.41) is 3.52. The summed E-state index contributed by atoms with van der Waals surface area (Å²) in [5.74, 6) is 3.47. The Balaban J connectivity index is 1.41. The standard InChI is InChI=1S/C13H20N2O/c16-13(11-4-9-3-10(9)5-11)15-6-8-1-2-14-12(8)7-15/h8-12,14H,1-7H2/t8-,9?,10?,11?,12+/m0/s1. The van der Waals surface area contributed by atoms with Crippen molar-refractivity contribution in [1.82, 2.24) is 10.2 Å². The number of rotatable bonds is 1. The van der Waals surface area contributed by atoms with Crippen molar-refractivity contribution < 1.29 is 4.79 Å². The number of fused-ring (bicyclic) bond motifs is 2. The molecule has 2 aliphatic carbocycles. The molecule has 3 heteroatoms. The monoisotopic (exact) mass is 220 g/mol. The maximum atomic E-state index is 12.3. The molecule has 0 aromatic rings. The molecule has 2 aliphatic heterocycles. The summed E-state index contributed by atoms with van der Waals surface area (Å²) >= 11 is 0. The smallest absolute Gasteiger partial charge is 0.225 e. The van der Waals surface area contributed by atoms with Crippen molar-refractivity contribution in [2.45, 2.75) is 31.7 Å². The molecule has 1 N–H and O–H groups in total. The summed E-state index contributed by atoms with van der Waals surface area (Å²) in [7, 11) is 0. The van der Waals surface area contributed by atoms with Gasteiger partial charge in [0.05, 0.1) is 0 Å². The third kappa shape index (κ3) is 1.33. The van der Waals surface area contributed by atoms with Crippen LogP contribution in [0.15, 0.2) is 0 Å². The van der Waals surface area contributed by atoms with Crippen molar-refractivity contribution in [3.05, 3.63) is 0 Å². The van der Waals surface area contributed by atoms with Crippen LogP contribution in [0.25, 0.3) is 0 Å². The van der Waals surface area contributed by atoms with Crippen molar-refractivity contribution in [1.29, 1.82) is 0 Å². The van der Waals surface area contributed by atoms with Gasteiger partial charge in [-0.25, -0.2) is 0 Å². The number of hydrogen-bond donors (Lipinski definition) is 1. The van der Waals surface area contributed by atoms with Crippen LogP contribution in [-0.2, 0) is 4.79 Å². The minimum absolute atomic E-state index is 0.391. The molecule has 4 rings (SSSR count). The lowest BCUT2D eigenvalue weighted by molar-refractivity contribution is -0.134. The van der Waals surface area contributed by atoms with Gasteiger partial charge >= 0.3 is 0 Å². The fraction of sp³-hybridized carbons (Fsp3) is 0.923. The Kier molecular flexibility index (Phi) is 1.90. The molecular formula is C13H20N2O. The van der Waals surface area contributed by atoms with Gasteiger partial charge < -0.3 is 10.2 Å². The van der Waals surface area contributed by atoms with Crippen molar-refractivity contribution in [2.75, 3.05) is 19.6 Å². The highest BCUT2D eigenvalue weighted by Gasteiger charge is 2.50. The molecular weight excluding hydrogens is 200 g/mol. The van der Waals surface area contributed by atoms with Gasteiger partial charge in [0, 0.05) is 25.0 Å². The molecule has 2 saturated heterocycles. The number of likely N-dealkylation sites (tertiary alicyclic amines) is 1. The van der Waals surface area contributed by atoms with Gasteiger partial charge in [0.15, 0.2) is 0 Å². The largest absolute Gasteiger partial charge is 0.341 e.